The summed E-state index contributed by atoms with van der Waals surface area (Å²) in [6, 6.07) is 0. The first-order valence-corrected chi connectivity index (χ1v) is 5.46. The molecule has 0 aliphatic carbocycles. The van der Waals surface area contributed by atoms with E-state index in [0.29, 0.717) is 5.92 Å². The Kier molecular flexibility index (Phi) is 2.35. The van der Waals surface area contributed by atoms with Crippen molar-refractivity contribution >= 4 is 0 Å². The van der Waals surface area contributed by atoms with E-state index in [9.17, 15) is 0 Å². The molecule has 0 amide bonds. The molecule has 0 bridgehead atoms. The lowest BCUT2D eigenvalue weighted by Gasteiger charge is -2.38. The number of fused-ring (bicyclic) bond motifs is 1. The number of rotatable bonds is 2. The standard InChI is InChI=1S/C11H19N3/c1-4-8(2)11(3)10-9(5-6-14-11)12-7-13-10/h7-8,14H,4-6H2,1-3H3,(H,12,13). The van der Waals surface area contributed by atoms with Crippen LogP contribution in [0.25, 0.3) is 0 Å². The second kappa shape index (κ2) is 3.39. The smallest absolute Gasteiger partial charge is 0.0926 e. The quantitative estimate of drug-likeness (QED) is 0.752. The normalized spacial score (nSPS) is 28.5. The highest BCUT2D eigenvalue weighted by molar-refractivity contribution is 5.25. The molecule has 1 aromatic rings. The van der Waals surface area contributed by atoms with Gasteiger partial charge in [0.25, 0.3) is 0 Å². The molecular formula is C11H19N3. The molecule has 0 saturated carbocycles. The van der Waals surface area contributed by atoms with E-state index >= 15 is 0 Å². The molecule has 1 aliphatic rings. The number of imidazole rings is 1. The van der Waals surface area contributed by atoms with Gasteiger partial charge >= 0.3 is 0 Å². The third-order valence-electron chi connectivity index (χ3n) is 3.68. The van der Waals surface area contributed by atoms with Crippen molar-refractivity contribution in [2.45, 2.75) is 39.2 Å². The van der Waals surface area contributed by atoms with Gasteiger partial charge in [-0.25, -0.2) is 4.98 Å². The number of hydrogen-bond acceptors (Lipinski definition) is 2. The van der Waals surface area contributed by atoms with E-state index in [1.165, 1.54) is 17.8 Å². The molecule has 0 radical (unpaired) electrons. The SMILES string of the molecule is CCC(C)C1(C)NCCc2[nH]cnc21. The highest BCUT2D eigenvalue weighted by Gasteiger charge is 2.37. The van der Waals surface area contributed by atoms with Crippen molar-refractivity contribution in [3.8, 4) is 0 Å². The van der Waals surface area contributed by atoms with Gasteiger partial charge in [-0.3, -0.25) is 0 Å². The highest BCUT2D eigenvalue weighted by atomic mass is 15.1. The summed E-state index contributed by atoms with van der Waals surface area (Å²) >= 11 is 0. The fourth-order valence-electron chi connectivity index (χ4n) is 2.31. The highest BCUT2D eigenvalue weighted by Crippen LogP contribution is 2.34. The number of nitrogens with one attached hydrogen (secondary N) is 2. The molecule has 0 saturated heterocycles. The van der Waals surface area contributed by atoms with Gasteiger partial charge in [-0.05, 0) is 12.8 Å². The molecule has 3 heteroatoms. The maximum absolute atomic E-state index is 4.46. The van der Waals surface area contributed by atoms with Crippen LogP contribution >= 0.6 is 0 Å². The van der Waals surface area contributed by atoms with Gasteiger partial charge in [0.05, 0.1) is 17.6 Å². The molecule has 1 aliphatic heterocycles. The Labute approximate surface area is 85.3 Å². The molecule has 78 valence electrons. The fourth-order valence-corrected chi connectivity index (χ4v) is 2.31. The second-order valence-electron chi connectivity index (χ2n) is 4.42. The van der Waals surface area contributed by atoms with Crippen molar-refractivity contribution in [3.63, 3.8) is 0 Å². The van der Waals surface area contributed by atoms with Gasteiger partial charge in [0.1, 0.15) is 0 Å². The van der Waals surface area contributed by atoms with Crippen LogP contribution in [-0.4, -0.2) is 16.5 Å². The molecule has 1 aromatic heterocycles. The Morgan fingerprint density at radius 3 is 3.14 bits per heavy atom. The van der Waals surface area contributed by atoms with Gasteiger partial charge in [0.15, 0.2) is 0 Å². The van der Waals surface area contributed by atoms with Crippen LogP contribution in [0.4, 0.5) is 0 Å². The maximum atomic E-state index is 4.46. The lowest BCUT2D eigenvalue weighted by molar-refractivity contribution is 0.224. The number of H-pyrrole nitrogens is 1. The van der Waals surface area contributed by atoms with Crippen LogP contribution in [0.3, 0.4) is 0 Å². The van der Waals surface area contributed by atoms with Crippen LogP contribution in [0.5, 0.6) is 0 Å². The van der Waals surface area contributed by atoms with Crippen LogP contribution in [-0.2, 0) is 12.0 Å². The first-order valence-electron chi connectivity index (χ1n) is 5.46. The van der Waals surface area contributed by atoms with Crippen LogP contribution < -0.4 is 5.32 Å². The molecular weight excluding hydrogens is 174 g/mol. The molecule has 0 aromatic carbocycles. The Hall–Kier alpha value is -0.830. The molecule has 0 fully saturated rings. The summed E-state index contributed by atoms with van der Waals surface area (Å²) < 4.78 is 0. The summed E-state index contributed by atoms with van der Waals surface area (Å²) in [5.41, 5.74) is 2.59. The second-order valence-corrected chi connectivity index (χ2v) is 4.42. The summed E-state index contributed by atoms with van der Waals surface area (Å²) in [4.78, 5) is 7.70. The fraction of sp³-hybridized carbons (Fsp3) is 0.727. The minimum Gasteiger partial charge on any atom is -0.348 e. The predicted octanol–water partition coefficient (Wildman–Crippen LogP) is 1.82. The largest absolute Gasteiger partial charge is 0.348 e. The lowest BCUT2D eigenvalue weighted by Crippen LogP contribution is -2.49. The molecule has 0 spiro atoms. The first-order chi connectivity index (χ1) is 6.68. The van der Waals surface area contributed by atoms with Gasteiger partial charge in [-0.1, -0.05) is 20.3 Å². The van der Waals surface area contributed by atoms with Gasteiger partial charge < -0.3 is 10.3 Å². The number of aromatic amines is 1. The zero-order chi connectivity index (χ0) is 10.2. The Balaban J connectivity index is 2.39. The van der Waals surface area contributed by atoms with Gasteiger partial charge in [0.2, 0.25) is 0 Å². The lowest BCUT2D eigenvalue weighted by atomic mass is 9.79. The van der Waals surface area contributed by atoms with E-state index in [1.807, 2.05) is 6.33 Å². The Morgan fingerprint density at radius 2 is 2.43 bits per heavy atom. The van der Waals surface area contributed by atoms with Gasteiger partial charge in [-0.2, -0.15) is 0 Å². The van der Waals surface area contributed by atoms with Crippen molar-refractivity contribution < 1.29 is 0 Å². The summed E-state index contributed by atoms with van der Waals surface area (Å²) in [5, 5.41) is 3.61. The summed E-state index contributed by atoms with van der Waals surface area (Å²) in [7, 11) is 0. The van der Waals surface area contributed by atoms with Crippen LogP contribution in [0.1, 0.15) is 38.6 Å². The summed E-state index contributed by atoms with van der Waals surface area (Å²) in [5.74, 6) is 0.616. The zero-order valence-electron chi connectivity index (χ0n) is 9.22. The Morgan fingerprint density at radius 1 is 1.64 bits per heavy atom. The van der Waals surface area contributed by atoms with Crippen LogP contribution in [0, 0.1) is 5.92 Å². The average Bonchev–Trinajstić information content (AvgIpc) is 2.66. The van der Waals surface area contributed by atoms with Crippen molar-refractivity contribution in [1.82, 2.24) is 15.3 Å². The third-order valence-corrected chi connectivity index (χ3v) is 3.68. The van der Waals surface area contributed by atoms with Gasteiger partial charge in [-0.15, -0.1) is 0 Å². The van der Waals surface area contributed by atoms with E-state index in [0.717, 1.165) is 13.0 Å². The first kappa shape index (κ1) is 9.71. The van der Waals surface area contributed by atoms with E-state index in [4.69, 9.17) is 0 Å². The minimum absolute atomic E-state index is 0.0579. The van der Waals surface area contributed by atoms with Crippen LogP contribution in [0.2, 0.25) is 0 Å². The van der Waals surface area contributed by atoms with Crippen molar-refractivity contribution in [1.29, 1.82) is 0 Å². The summed E-state index contributed by atoms with van der Waals surface area (Å²) in [6.07, 6.45) is 4.06. The molecule has 3 nitrogen and oxygen atoms in total. The number of aromatic nitrogens is 2. The van der Waals surface area contributed by atoms with Crippen molar-refractivity contribution in [3.05, 3.63) is 17.7 Å². The van der Waals surface area contributed by atoms with Crippen molar-refractivity contribution in [2.75, 3.05) is 6.54 Å². The molecule has 14 heavy (non-hydrogen) atoms. The predicted molar refractivity (Wildman–Crippen MR) is 57.1 cm³/mol. The summed E-state index contributed by atoms with van der Waals surface area (Å²) in [6.45, 7) is 7.84. The minimum atomic E-state index is 0.0579. The van der Waals surface area contributed by atoms with E-state index in [-0.39, 0.29) is 5.54 Å². The molecule has 2 heterocycles. The number of nitrogens with zero attached hydrogens (tertiary/aromatic N) is 1. The Bertz CT molecular complexity index is 318. The van der Waals surface area contributed by atoms with E-state index in [1.54, 1.807) is 0 Å². The monoisotopic (exact) mass is 193 g/mol. The topological polar surface area (TPSA) is 40.7 Å². The van der Waals surface area contributed by atoms with E-state index in [2.05, 4.69) is 36.1 Å². The molecule has 2 atom stereocenters. The van der Waals surface area contributed by atoms with Crippen molar-refractivity contribution in [2.24, 2.45) is 5.92 Å². The third kappa shape index (κ3) is 1.27. The molecule has 2 N–H and O–H groups in total. The number of hydrogen-bond donors (Lipinski definition) is 2. The average molecular weight is 193 g/mol. The van der Waals surface area contributed by atoms with Gasteiger partial charge in [0, 0.05) is 18.7 Å². The zero-order valence-corrected chi connectivity index (χ0v) is 9.22. The van der Waals surface area contributed by atoms with Crippen LogP contribution in [0.15, 0.2) is 6.33 Å². The van der Waals surface area contributed by atoms with E-state index < -0.39 is 0 Å². The molecule has 2 unspecified atom stereocenters. The molecule has 2 rings (SSSR count). The maximum Gasteiger partial charge on any atom is 0.0926 e.